The number of pyridine rings is 1. The van der Waals surface area contributed by atoms with Crippen molar-refractivity contribution < 1.29 is 18.7 Å². The molecule has 7 nitrogen and oxygen atoms in total. The number of halogens is 2. The van der Waals surface area contributed by atoms with Crippen molar-refractivity contribution in [3.63, 3.8) is 0 Å². The predicted octanol–water partition coefficient (Wildman–Crippen LogP) is 5.60. The van der Waals surface area contributed by atoms with Crippen LogP contribution in [0.25, 0.3) is 11.0 Å². The van der Waals surface area contributed by atoms with Crippen molar-refractivity contribution in [2.24, 2.45) is 0 Å². The third kappa shape index (κ3) is 5.82. The van der Waals surface area contributed by atoms with Crippen molar-refractivity contribution in [2.45, 2.75) is 26.6 Å². The number of nitrogens with zero attached hydrogens (tertiary/aromatic N) is 2. The number of methoxy groups -OCH3 is 1. The molecule has 0 unspecified atom stereocenters. The van der Waals surface area contributed by atoms with E-state index < -0.39 is 0 Å². The van der Waals surface area contributed by atoms with Gasteiger partial charge in [0.1, 0.15) is 17.4 Å². The Balaban J connectivity index is 1.67. The molecule has 0 saturated heterocycles. The van der Waals surface area contributed by atoms with Gasteiger partial charge in [-0.25, -0.2) is 4.98 Å². The van der Waals surface area contributed by atoms with Crippen LogP contribution in [-0.4, -0.2) is 35.7 Å². The largest absolute Gasteiger partial charge is 0.487 e. The summed E-state index contributed by atoms with van der Waals surface area (Å²) in [6.45, 7) is 4.68. The van der Waals surface area contributed by atoms with Gasteiger partial charge in [0.25, 0.3) is 0 Å². The molecule has 0 aliphatic heterocycles. The van der Waals surface area contributed by atoms with Gasteiger partial charge in [-0.3, -0.25) is 0 Å². The minimum Gasteiger partial charge on any atom is -0.487 e. The minimum atomic E-state index is -0.0167. The molecule has 2 heterocycles. The van der Waals surface area contributed by atoms with E-state index in [2.05, 4.69) is 14.9 Å². The summed E-state index contributed by atoms with van der Waals surface area (Å²) in [6.07, 6.45) is 1.54. The van der Waals surface area contributed by atoms with E-state index in [0.29, 0.717) is 39.7 Å². The highest BCUT2D eigenvalue weighted by Gasteiger charge is 2.13. The first-order valence-corrected chi connectivity index (χ1v) is 10.6. The number of hydrogen-bond donors (Lipinski definition) is 1. The zero-order chi connectivity index (χ0) is 20.8. The molecule has 1 N–H and O–H groups in total. The standard InChI is InChI=1S/C19H21Cl2N3O4S/c1-11(2)27-19-16(21)7-13(9-22-19)26-10-12-6-17-14(8-15(12)20)18(23-28-17)24-29-5-4-25-3/h6-9,11H,4-5,10H2,1-3H3,(H,23,24). The summed E-state index contributed by atoms with van der Waals surface area (Å²) in [5.41, 5.74) is 1.37. The molecule has 156 valence electrons. The van der Waals surface area contributed by atoms with Gasteiger partial charge in [-0.15, -0.1) is 0 Å². The lowest BCUT2D eigenvalue weighted by molar-refractivity contribution is 0.219. The lowest BCUT2D eigenvalue weighted by atomic mass is 10.2. The Morgan fingerprint density at radius 2 is 2.03 bits per heavy atom. The summed E-state index contributed by atoms with van der Waals surface area (Å²) in [5.74, 6) is 2.28. The number of nitrogens with one attached hydrogen (secondary N) is 1. The van der Waals surface area contributed by atoms with E-state index in [-0.39, 0.29) is 12.7 Å². The van der Waals surface area contributed by atoms with E-state index >= 15 is 0 Å². The van der Waals surface area contributed by atoms with E-state index in [4.69, 9.17) is 41.9 Å². The van der Waals surface area contributed by atoms with Crippen molar-refractivity contribution in [3.8, 4) is 11.6 Å². The van der Waals surface area contributed by atoms with Gasteiger partial charge in [0, 0.05) is 29.5 Å². The van der Waals surface area contributed by atoms with Gasteiger partial charge in [-0.05, 0) is 37.9 Å². The Morgan fingerprint density at radius 3 is 2.76 bits per heavy atom. The highest BCUT2D eigenvalue weighted by atomic mass is 35.5. The summed E-state index contributed by atoms with van der Waals surface area (Å²) in [4.78, 5) is 4.19. The van der Waals surface area contributed by atoms with Crippen LogP contribution in [0.15, 0.2) is 28.9 Å². The molecule has 10 heteroatoms. The molecule has 0 aliphatic rings. The van der Waals surface area contributed by atoms with Crippen molar-refractivity contribution in [3.05, 3.63) is 40.0 Å². The Morgan fingerprint density at radius 1 is 1.21 bits per heavy atom. The summed E-state index contributed by atoms with van der Waals surface area (Å²) >= 11 is 14.1. The van der Waals surface area contributed by atoms with Crippen LogP contribution in [-0.2, 0) is 11.3 Å². The monoisotopic (exact) mass is 457 g/mol. The fourth-order valence-corrected chi connectivity index (χ4v) is 3.44. The molecule has 1 aromatic carbocycles. The third-order valence-electron chi connectivity index (χ3n) is 3.72. The van der Waals surface area contributed by atoms with Crippen LogP contribution >= 0.6 is 35.1 Å². The second-order valence-corrected chi connectivity index (χ2v) is 8.04. The Hall–Kier alpha value is -1.87. The van der Waals surface area contributed by atoms with Crippen LogP contribution in [0.3, 0.4) is 0 Å². The third-order valence-corrected chi connectivity index (χ3v) is 5.05. The molecule has 2 aromatic heterocycles. The van der Waals surface area contributed by atoms with Crippen molar-refractivity contribution in [1.82, 2.24) is 10.1 Å². The van der Waals surface area contributed by atoms with Crippen molar-refractivity contribution in [1.29, 1.82) is 0 Å². The molecule has 0 aliphatic carbocycles. The van der Waals surface area contributed by atoms with Crippen LogP contribution in [0, 0.1) is 0 Å². The number of fused-ring (bicyclic) bond motifs is 1. The van der Waals surface area contributed by atoms with Crippen LogP contribution in [0.5, 0.6) is 11.6 Å². The van der Waals surface area contributed by atoms with Gasteiger partial charge < -0.3 is 23.5 Å². The maximum Gasteiger partial charge on any atom is 0.233 e. The van der Waals surface area contributed by atoms with Gasteiger partial charge in [0.15, 0.2) is 11.4 Å². The van der Waals surface area contributed by atoms with Crippen LogP contribution in [0.2, 0.25) is 10.0 Å². The quantitative estimate of drug-likeness (QED) is 0.311. The topological polar surface area (TPSA) is 78.6 Å². The molecule has 3 rings (SSSR count). The number of hydrogen-bond acceptors (Lipinski definition) is 8. The summed E-state index contributed by atoms with van der Waals surface area (Å²) < 4.78 is 24.9. The van der Waals surface area contributed by atoms with E-state index in [0.717, 1.165) is 16.7 Å². The van der Waals surface area contributed by atoms with E-state index in [1.807, 2.05) is 13.8 Å². The zero-order valence-electron chi connectivity index (χ0n) is 16.2. The van der Waals surface area contributed by atoms with Crippen LogP contribution in [0.1, 0.15) is 19.4 Å². The highest BCUT2D eigenvalue weighted by molar-refractivity contribution is 8.00. The first kappa shape index (κ1) is 21.8. The average Bonchev–Trinajstić information content (AvgIpc) is 3.06. The normalized spacial score (nSPS) is 11.2. The molecule has 29 heavy (non-hydrogen) atoms. The minimum absolute atomic E-state index is 0.0167. The number of rotatable bonds is 10. The van der Waals surface area contributed by atoms with Gasteiger partial charge in [-0.1, -0.05) is 28.4 Å². The van der Waals surface area contributed by atoms with Crippen LogP contribution in [0.4, 0.5) is 5.82 Å². The first-order chi connectivity index (χ1) is 14.0. The molecule has 0 amide bonds. The van der Waals surface area contributed by atoms with Crippen LogP contribution < -0.4 is 14.2 Å². The Bertz CT molecular complexity index is 968. The lowest BCUT2D eigenvalue weighted by Crippen LogP contribution is -2.07. The van der Waals surface area contributed by atoms with E-state index in [1.165, 1.54) is 11.9 Å². The molecule has 0 saturated carbocycles. The Labute approximate surface area is 183 Å². The second kappa shape index (κ2) is 10.2. The number of aromatic nitrogens is 2. The Kier molecular flexibility index (Phi) is 7.71. The smallest absolute Gasteiger partial charge is 0.233 e. The number of anilines is 1. The summed E-state index contributed by atoms with van der Waals surface area (Å²) in [6, 6.07) is 5.27. The average molecular weight is 458 g/mol. The maximum atomic E-state index is 6.43. The van der Waals surface area contributed by atoms with Gasteiger partial charge >= 0.3 is 0 Å². The first-order valence-electron chi connectivity index (χ1n) is 8.87. The SMILES string of the molecule is COCCSNc1noc2cc(COc3cnc(OC(C)C)c(Cl)c3)c(Cl)cc12. The molecular formula is C19H21Cl2N3O4S. The fraction of sp³-hybridized carbons (Fsp3) is 0.368. The summed E-state index contributed by atoms with van der Waals surface area (Å²) in [5, 5.41) is 5.77. The molecular weight excluding hydrogens is 437 g/mol. The highest BCUT2D eigenvalue weighted by Crippen LogP contribution is 2.32. The lowest BCUT2D eigenvalue weighted by Gasteiger charge is -2.12. The molecule has 0 atom stereocenters. The fourth-order valence-electron chi connectivity index (χ4n) is 2.39. The number of ether oxygens (including phenoxy) is 3. The van der Waals surface area contributed by atoms with Gasteiger partial charge in [-0.2, -0.15) is 0 Å². The van der Waals surface area contributed by atoms with Crippen molar-refractivity contribution in [2.75, 3.05) is 24.2 Å². The molecule has 0 bridgehead atoms. The van der Waals surface area contributed by atoms with Gasteiger partial charge in [0.2, 0.25) is 5.88 Å². The number of benzene rings is 1. The maximum absolute atomic E-state index is 6.43. The predicted molar refractivity (Wildman–Crippen MR) is 116 cm³/mol. The zero-order valence-corrected chi connectivity index (χ0v) is 18.5. The molecule has 0 radical (unpaired) electrons. The van der Waals surface area contributed by atoms with E-state index in [1.54, 1.807) is 31.5 Å². The van der Waals surface area contributed by atoms with E-state index in [9.17, 15) is 0 Å². The van der Waals surface area contributed by atoms with Gasteiger partial charge in [0.05, 0.1) is 24.3 Å². The molecule has 0 fully saturated rings. The molecule has 3 aromatic rings. The van der Waals surface area contributed by atoms with Crippen molar-refractivity contribution >= 4 is 51.9 Å². The molecule has 0 spiro atoms. The second-order valence-electron chi connectivity index (χ2n) is 6.33. The summed E-state index contributed by atoms with van der Waals surface area (Å²) in [7, 11) is 1.66.